The molecule has 1 aromatic carbocycles. The molecule has 0 saturated carbocycles. The average molecular weight is 362 g/mol. The Hall–Kier alpha value is -1.88. The quantitative estimate of drug-likeness (QED) is 0.825. The van der Waals surface area contributed by atoms with Gasteiger partial charge >= 0.3 is 0 Å². The first-order valence-corrected chi connectivity index (χ1v) is 9.24. The minimum atomic E-state index is -0.229. The van der Waals surface area contributed by atoms with Crippen LogP contribution in [-0.2, 0) is 11.2 Å². The van der Waals surface area contributed by atoms with E-state index in [0.717, 1.165) is 25.7 Å². The number of carbonyl (C=O) groups excluding carboxylic acids is 1. The third-order valence-corrected chi connectivity index (χ3v) is 5.70. The number of amides is 1. The van der Waals surface area contributed by atoms with E-state index in [-0.39, 0.29) is 23.8 Å². The molecule has 2 atom stereocenters. The summed E-state index contributed by atoms with van der Waals surface area (Å²) < 4.78 is 15.7. The molecule has 1 amide bonds. The van der Waals surface area contributed by atoms with Crippen molar-refractivity contribution in [3.8, 4) is 0 Å². The zero-order chi connectivity index (χ0) is 17.4. The largest absolute Gasteiger partial charge is 0.337 e. The molecule has 0 aliphatic carbocycles. The Morgan fingerprint density at radius 1 is 1.20 bits per heavy atom. The van der Waals surface area contributed by atoms with Gasteiger partial charge in [0.25, 0.3) is 0 Å². The van der Waals surface area contributed by atoms with E-state index >= 15 is 0 Å². The lowest BCUT2D eigenvalue weighted by molar-refractivity contribution is -0.136. The second-order valence-electron chi connectivity index (χ2n) is 7.04. The van der Waals surface area contributed by atoms with Crippen molar-refractivity contribution in [2.75, 3.05) is 0 Å². The Kier molecular flexibility index (Phi) is 4.50. The Morgan fingerprint density at radius 2 is 1.92 bits per heavy atom. The molecule has 2 aliphatic rings. The molecule has 3 heterocycles. The monoisotopic (exact) mass is 361 g/mol. The van der Waals surface area contributed by atoms with Crippen molar-refractivity contribution >= 4 is 17.5 Å². The van der Waals surface area contributed by atoms with Crippen molar-refractivity contribution in [1.82, 2.24) is 14.7 Å². The molecule has 1 aromatic heterocycles. The van der Waals surface area contributed by atoms with Gasteiger partial charge in [0.15, 0.2) is 0 Å². The van der Waals surface area contributed by atoms with Crippen LogP contribution in [0.4, 0.5) is 4.39 Å². The van der Waals surface area contributed by atoms with Crippen LogP contribution in [0.1, 0.15) is 43.7 Å². The highest BCUT2D eigenvalue weighted by Gasteiger charge is 2.43. The number of aromatic nitrogens is 2. The second kappa shape index (κ2) is 6.79. The Labute approximate surface area is 151 Å². The van der Waals surface area contributed by atoms with Crippen molar-refractivity contribution in [2.45, 2.75) is 56.7 Å². The van der Waals surface area contributed by atoms with E-state index in [9.17, 15) is 9.18 Å². The van der Waals surface area contributed by atoms with Crippen LogP contribution in [0.5, 0.6) is 0 Å². The van der Waals surface area contributed by atoms with E-state index in [1.807, 2.05) is 16.9 Å². The summed E-state index contributed by atoms with van der Waals surface area (Å²) in [7, 11) is 0. The van der Waals surface area contributed by atoms with Crippen molar-refractivity contribution in [2.24, 2.45) is 0 Å². The molecule has 6 heteroatoms. The van der Waals surface area contributed by atoms with E-state index in [1.54, 1.807) is 18.3 Å². The zero-order valence-electron chi connectivity index (χ0n) is 13.9. The number of rotatable bonds is 4. The fraction of sp³-hybridized carbons (Fsp3) is 0.474. The van der Waals surface area contributed by atoms with E-state index in [2.05, 4.69) is 10.00 Å². The van der Waals surface area contributed by atoms with Gasteiger partial charge in [-0.1, -0.05) is 29.8 Å². The summed E-state index contributed by atoms with van der Waals surface area (Å²) in [5, 5.41) is 4.98. The molecule has 2 aromatic rings. The van der Waals surface area contributed by atoms with E-state index in [0.29, 0.717) is 29.5 Å². The minimum Gasteiger partial charge on any atom is -0.337 e. The molecule has 2 saturated heterocycles. The van der Waals surface area contributed by atoms with E-state index < -0.39 is 0 Å². The Balaban J connectivity index is 1.40. The van der Waals surface area contributed by atoms with Gasteiger partial charge in [-0.25, -0.2) is 4.39 Å². The minimum absolute atomic E-state index is 0.146. The van der Waals surface area contributed by atoms with Crippen LogP contribution in [0.15, 0.2) is 36.7 Å². The summed E-state index contributed by atoms with van der Waals surface area (Å²) in [5.41, 5.74) is 0.615. The first-order chi connectivity index (χ1) is 12.1. The van der Waals surface area contributed by atoms with Crippen LogP contribution < -0.4 is 0 Å². The summed E-state index contributed by atoms with van der Waals surface area (Å²) in [6.07, 6.45) is 8.27. The fourth-order valence-corrected chi connectivity index (χ4v) is 4.50. The van der Waals surface area contributed by atoms with Gasteiger partial charge in [0.1, 0.15) is 5.82 Å². The average Bonchev–Trinajstić information content (AvgIpc) is 3.15. The summed E-state index contributed by atoms with van der Waals surface area (Å²) in [5.74, 6) is -0.0831. The molecular formula is C19H21ClFN3O. The van der Waals surface area contributed by atoms with Crippen LogP contribution >= 0.6 is 11.6 Å². The molecule has 132 valence electrons. The maximum absolute atomic E-state index is 13.7. The lowest BCUT2D eigenvalue weighted by atomic mass is 9.96. The number of piperidine rings is 1. The van der Waals surface area contributed by atoms with Gasteiger partial charge in [0, 0.05) is 24.7 Å². The molecule has 2 bridgehead atoms. The van der Waals surface area contributed by atoms with Crippen molar-refractivity contribution < 1.29 is 9.18 Å². The topological polar surface area (TPSA) is 38.1 Å². The van der Waals surface area contributed by atoms with E-state index in [1.165, 1.54) is 6.07 Å². The van der Waals surface area contributed by atoms with Crippen molar-refractivity contribution in [1.29, 1.82) is 0 Å². The molecule has 4 nitrogen and oxygen atoms in total. The Bertz CT molecular complexity index is 764. The standard InChI is InChI=1S/C19H21ClFN3O/c20-14-11-22-23(12-14)17-9-15-6-7-16(10-17)24(15)19(25)8-5-13-3-1-2-4-18(13)21/h1-4,11-12,15-17H,5-10H2. The first-order valence-electron chi connectivity index (χ1n) is 8.86. The van der Waals surface area contributed by atoms with Gasteiger partial charge in [0.2, 0.25) is 5.91 Å². The highest BCUT2D eigenvalue weighted by Crippen LogP contribution is 2.41. The lowest BCUT2D eigenvalue weighted by Crippen LogP contribution is -2.47. The number of hydrogen-bond donors (Lipinski definition) is 0. The third-order valence-electron chi connectivity index (χ3n) is 5.51. The molecule has 0 radical (unpaired) electrons. The zero-order valence-corrected chi connectivity index (χ0v) is 14.7. The van der Waals surface area contributed by atoms with Gasteiger partial charge < -0.3 is 4.90 Å². The molecule has 0 N–H and O–H groups in total. The SMILES string of the molecule is O=C(CCc1ccccc1F)N1C2CCC1CC(n1cc(Cl)cn1)C2. The predicted molar refractivity (Wildman–Crippen MR) is 93.9 cm³/mol. The van der Waals surface area contributed by atoms with Crippen LogP contribution in [-0.4, -0.2) is 32.7 Å². The molecule has 25 heavy (non-hydrogen) atoms. The van der Waals surface area contributed by atoms with Crippen LogP contribution in [0, 0.1) is 5.82 Å². The molecule has 2 unspecified atom stereocenters. The van der Waals surface area contributed by atoms with Gasteiger partial charge in [-0.3, -0.25) is 9.48 Å². The second-order valence-corrected chi connectivity index (χ2v) is 7.48. The van der Waals surface area contributed by atoms with Gasteiger partial charge in [-0.15, -0.1) is 0 Å². The van der Waals surface area contributed by atoms with Gasteiger partial charge in [-0.2, -0.15) is 5.10 Å². The normalized spacial score (nSPS) is 25.4. The number of benzene rings is 1. The lowest BCUT2D eigenvalue weighted by Gasteiger charge is -2.39. The smallest absolute Gasteiger partial charge is 0.223 e. The first kappa shape index (κ1) is 16.6. The molecule has 2 aliphatic heterocycles. The van der Waals surface area contributed by atoms with Gasteiger partial charge in [-0.05, 0) is 43.7 Å². The third kappa shape index (κ3) is 3.30. The maximum Gasteiger partial charge on any atom is 0.223 e. The highest BCUT2D eigenvalue weighted by atomic mass is 35.5. The van der Waals surface area contributed by atoms with Crippen molar-refractivity contribution in [3.05, 3.63) is 53.1 Å². The van der Waals surface area contributed by atoms with Crippen LogP contribution in [0.25, 0.3) is 0 Å². The number of nitrogens with zero attached hydrogens (tertiary/aromatic N) is 3. The van der Waals surface area contributed by atoms with Gasteiger partial charge in [0.05, 0.1) is 17.3 Å². The number of carbonyl (C=O) groups is 1. The molecule has 0 spiro atoms. The number of hydrogen-bond acceptors (Lipinski definition) is 2. The summed E-state index contributed by atoms with van der Waals surface area (Å²) in [6.45, 7) is 0. The number of fused-ring (bicyclic) bond motifs is 2. The Morgan fingerprint density at radius 3 is 2.56 bits per heavy atom. The molecule has 2 fully saturated rings. The van der Waals surface area contributed by atoms with Crippen LogP contribution in [0.2, 0.25) is 5.02 Å². The predicted octanol–water partition coefficient (Wildman–Crippen LogP) is 4.00. The van der Waals surface area contributed by atoms with Crippen molar-refractivity contribution in [3.63, 3.8) is 0 Å². The maximum atomic E-state index is 13.7. The summed E-state index contributed by atoms with van der Waals surface area (Å²) in [6, 6.07) is 7.52. The van der Waals surface area contributed by atoms with E-state index in [4.69, 9.17) is 11.6 Å². The summed E-state index contributed by atoms with van der Waals surface area (Å²) >= 11 is 5.98. The molecular weight excluding hydrogens is 341 g/mol. The number of halogens is 2. The number of aryl methyl sites for hydroxylation is 1. The molecule has 4 rings (SSSR count). The fourth-order valence-electron chi connectivity index (χ4n) is 4.36. The highest BCUT2D eigenvalue weighted by molar-refractivity contribution is 6.30. The summed E-state index contributed by atoms with van der Waals surface area (Å²) in [4.78, 5) is 14.8. The van der Waals surface area contributed by atoms with Crippen LogP contribution in [0.3, 0.4) is 0 Å².